The molecule has 1 aliphatic rings. The average molecular weight is 434 g/mol. The number of para-hydroxylation sites is 1. The molecule has 3 rings (SSSR count). The van der Waals surface area contributed by atoms with Gasteiger partial charge in [0.1, 0.15) is 18.2 Å². The van der Waals surface area contributed by atoms with Crippen molar-refractivity contribution >= 4 is 17.5 Å². The van der Waals surface area contributed by atoms with Crippen LogP contribution in [0.1, 0.15) is 12.5 Å². The summed E-state index contributed by atoms with van der Waals surface area (Å²) >= 11 is 6.11. The molecule has 2 aromatic rings. The van der Waals surface area contributed by atoms with Crippen molar-refractivity contribution in [2.24, 2.45) is 0 Å². The quantitative estimate of drug-likeness (QED) is 0.606. The van der Waals surface area contributed by atoms with Gasteiger partial charge in [-0.3, -0.25) is 14.6 Å². The maximum atomic E-state index is 13.4. The Morgan fingerprint density at radius 3 is 2.53 bits per heavy atom. The Kier molecular flexibility index (Phi) is 8.49. The summed E-state index contributed by atoms with van der Waals surface area (Å²) < 4.78 is 19.2. The summed E-state index contributed by atoms with van der Waals surface area (Å²) in [6.45, 7) is 8.28. The molecule has 7 heteroatoms. The maximum absolute atomic E-state index is 13.4. The van der Waals surface area contributed by atoms with E-state index in [1.807, 2.05) is 37.3 Å². The number of nitrogens with zero attached hydrogens (tertiary/aromatic N) is 3. The van der Waals surface area contributed by atoms with Crippen LogP contribution in [0.15, 0.2) is 48.5 Å². The standard InChI is InChI=1S/C23H29ClFN3O2/c1-2-28(17-19-6-5-7-20(25)16-19)23(29)18-27-12-10-26(11-13-27)14-15-30-22-9-4-3-8-21(22)24/h3-9,16H,2,10-15,17-18H2,1H3. The van der Waals surface area contributed by atoms with Crippen LogP contribution in [0, 0.1) is 5.82 Å². The minimum absolute atomic E-state index is 0.0808. The molecular formula is C23H29ClFN3O2. The Labute approximate surface area is 183 Å². The zero-order chi connectivity index (χ0) is 21.3. The second kappa shape index (κ2) is 11.3. The molecule has 0 unspecified atom stereocenters. The lowest BCUT2D eigenvalue weighted by Crippen LogP contribution is -2.50. The molecule has 0 saturated carbocycles. The maximum Gasteiger partial charge on any atom is 0.237 e. The van der Waals surface area contributed by atoms with E-state index in [4.69, 9.17) is 16.3 Å². The summed E-state index contributed by atoms with van der Waals surface area (Å²) in [5.41, 5.74) is 0.813. The number of hydrogen-bond donors (Lipinski definition) is 0. The number of ether oxygens (including phenoxy) is 1. The summed E-state index contributed by atoms with van der Waals surface area (Å²) in [4.78, 5) is 19.0. The molecule has 1 fully saturated rings. The Balaban J connectivity index is 1.39. The van der Waals surface area contributed by atoms with Crippen LogP contribution < -0.4 is 4.74 Å². The van der Waals surface area contributed by atoms with E-state index in [-0.39, 0.29) is 11.7 Å². The Morgan fingerprint density at radius 2 is 1.83 bits per heavy atom. The van der Waals surface area contributed by atoms with E-state index in [2.05, 4.69) is 9.80 Å². The molecule has 0 aromatic heterocycles. The number of amides is 1. The SMILES string of the molecule is CCN(Cc1cccc(F)c1)C(=O)CN1CCN(CCOc2ccccc2Cl)CC1. The van der Waals surface area contributed by atoms with Crippen LogP contribution in [0.2, 0.25) is 5.02 Å². The smallest absolute Gasteiger partial charge is 0.237 e. The second-order valence-corrected chi connectivity index (χ2v) is 7.84. The topological polar surface area (TPSA) is 36.0 Å². The monoisotopic (exact) mass is 433 g/mol. The van der Waals surface area contributed by atoms with Crippen LogP contribution in [-0.2, 0) is 11.3 Å². The lowest BCUT2D eigenvalue weighted by atomic mass is 10.2. The van der Waals surface area contributed by atoms with Gasteiger partial charge in [-0.25, -0.2) is 4.39 Å². The fraction of sp³-hybridized carbons (Fsp3) is 0.435. The molecule has 0 N–H and O–H groups in total. The molecule has 1 aliphatic heterocycles. The molecule has 0 aliphatic carbocycles. The highest BCUT2D eigenvalue weighted by atomic mass is 35.5. The number of carbonyl (C=O) groups is 1. The minimum Gasteiger partial charge on any atom is -0.491 e. The second-order valence-electron chi connectivity index (χ2n) is 7.43. The van der Waals surface area contributed by atoms with E-state index >= 15 is 0 Å². The highest BCUT2D eigenvalue weighted by Crippen LogP contribution is 2.22. The number of piperazine rings is 1. The molecule has 0 bridgehead atoms. The van der Waals surface area contributed by atoms with Crippen molar-refractivity contribution in [1.82, 2.24) is 14.7 Å². The van der Waals surface area contributed by atoms with E-state index in [1.165, 1.54) is 12.1 Å². The highest BCUT2D eigenvalue weighted by molar-refractivity contribution is 6.32. The van der Waals surface area contributed by atoms with E-state index in [0.29, 0.717) is 37.0 Å². The van der Waals surface area contributed by atoms with Crippen LogP contribution >= 0.6 is 11.6 Å². The molecular weight excluding hydrogens is 405 g/mol. The molecule has 1 heterocycles. The Hall–Kier alpha value is -2.15. The highest BCUT2D eigenvalue weighted by Gasteiger charge is 2.21. The molecule has 1 saturated heterocycles. The number of likely N-dealkylation sites (N-methyl/N-ethyl adjacent to an activating group) is 1. The van der Waals surface area contributed by atoms with Gasteiger partial charge in [0, 0.05) is 45.8 Å². The average Bonchev–Trinajstić information content (AvgIpc) is 2.74. The van der Waals surface area contributed by atoms with Gasteiger partial charge in [-0.2, -0.15) is 0 Å². The third-order valence-corrected chi connectivity index (χ3v) is 5.63. The van der Waals surface area contributed by atoms with Crippen molar-refractivity contribution in [3.05, 3.63) is 64.9 Å². The number of halogens is 2. The molecule has 0 spiro atoms. The fourth-order valence-electron chi connectivity index (χ4n) is 3.54. The van der Waals surface area contributed by atoms with Gasteiger partial charge in [0.05, 0.1) is 11.6 Å². The first-order valence-corrected chi connectivity index (χ1v) is 10.8. The van der Waals surface area contributed by atoms with E-state index in [0.717, 1.165) is 38.3 Å². The minimum atomic E-state index is -0.273. The summed E-state index contributed by atoms with van der Waals surface area (Å²) in [6.07, 6.45) is 0. The van der Waals surface area contributed by atoms with Gasteiger partial charge in [0.25, 0.3) is 0 Å². The lowest BCUT2D eigenvalue weighted by molar-refractivity contribution is -0.133. The fourth-order valence-corrected chi connectivity index (χ4v) is 3.73. The first kappa shape index (κ1) is 22.5. The zero-order valence-electron chi connectivity index (χ0n) is 17.4. The first-order valence-electron chi connectivity index (χ1n) is 10.4. The predicted molar refractivity (Wildman–Crippen MR) is 117 cm³/mol. The van der Waals surface area contributed by atoms with Gasteiger partial charge in [0.15, 0.2) is 0 Å². The van der Waals surface area contributed by atoms with Crippen LogP contribution in [0.3, 0.4) is 0 Å². The Morgan fingerprint density at radius 1 is 1.10 bits per heavy atom. The number of rotatable bonds is 9. The molecule has 30 heavy (non-hydrogen) atoms. The van der Waals surface area contributed by atoms with Crippen molar-refractivity contribution in [2.45, 2.75) is 13.5 Å². The van der Waals surface area contributed by atoms with Crippen molar-refractivity contribution in [3.63, 3.8) is 0 Å². The molecule has 1 amide bonds. The molecule has 0 radical (unpaired) electrons. The third-order valence-electron chi connectivity index (χ3n) is 5.32. The number of hydrogen-bond acceptors (Lipinski definition) is 4. The van der Waals surface area contributed by atoms with Crippen LogP contribution in [0.4, 0.5) is 4.39 Å². The third kappa shape index (κ3) is 6.69. The van der Waals surface area contributed by atoms with Crippen molar-refractivity contribution < 1.29 is 13.9 Å². The predicted octanol–water partition coefficient (Wildman–Crippen LogP) is 3.52. The Bertz CT molecular complexity index is 828. The molecule has 162 valence electrons. The summed E-state index contributed by atoms with van der Waals surface area (Å²) in [5.74, 6) is 0.518. The largest absolute Gasteiger partial charge is 0.491 e. The molecule has 5 nitrogen and oxygen atoms in total. The molecule has 0 atom stereocenters. The van der Waals surface area contributed by atoms with Crippen molar-refractivity contribution in [2.75, 3.05) is 52.4 Å². The van der Waals surface area contributed by atoms with Gasteiger partial charge in [-0.05, 0) is 36.8 Å². The van der Waals surface area contributed by atoms with Gasteiger partial charge in [-0.15, -0.1) is 0 Å². The molecule has 2 aromatic carbocycles. The van der Waals surface area contributed by atoms with Crippen LogP contribution in [-0.4, -0.2) is 73.0 Å². The van der Waals surface area contributed by atoms with Crippen LogP contribution in [0.25, 0.3) is 0 Å². The van der Waals surface area contributed by atoms with E-state index in [9.17, 15) is 9.18 Å². The van der Waals surface area contributed by atoms with Gasteiger partial charge in [0.2, 0.25) is 5.91 Å². The van der Waals surface area contributed by atoms with Gasteiger partial charge >= 0.3 is 0 Å². The van der Waals surface area contributed by atoms with Crippen molar-refractivity contribution in [1.29, 1.82) is 0 Å². The van der Waals surface area contributed by atoms with E-state index in [1.54, 1.807) is 11.0 Å². The summed E-state index contributed by atoms with van der Waals surface area (Å²) in [6, 6.07) is 13.9. The van der Waals surface area contributed by atoms with Gasteiger partial charge in [-0.1, -0.05) is 35.9 Å². The van der Waals surface area contributed by atoms with Crippen LogP contribution in [0.5, 0.6) is 5.75 Å². The summed E-state index contributed by atoms with van der Waals surface area (Å²) in [5, 5.41) is 0.625. The number of benzene rings is 2. The first-order chi connectivity index (χ1) is 14.5. The normalized spacial score (nSPS) is 15.2. The summed E-state index contributed by atoms with van der Waals surface area (Å²) in [7, 11) is 0. The van der Waals surface area contributed by atoms with E-state index < -0.39 is 0 Å². The lowest BCUT2D eigenvalue weighted by Gasteiger charge is -2.35. The zero-order valence-corrected chi connectivity index (χ0v) is 18.2. The van der Waals surface area contributed by atoms with Crippen molar-refractivity contribution in [3.8, 4) is 5.75 Å². The van der Waals surface area contributed by atoms with Gasteiger partial charge < -0.3 is 9.64 Å². The number of carbonyl (C=O) groups excluding carboxylic acids is 1.